The molecule has 7 nitrogen and oxygen atoms in total. The van der Waals surface area contributed by atoms with Gasteiger partial charge in [-0.15, -0.1) is 0 Å². The molecule has 0 aliphatic carbocycles. The first-order valence-corrected chi connectivity index (χ1v) is 10.5. The molecule has 2 rings (SSSR count). The highest BCUT2D eigenvalue weighted by molar-refractivity contribution is 7.92. The van der Waals surface area contributed by atoms with Gasteiger partial charge in [0.15, 0.2) is 0 Å². The number of amides is 1. The van der Waals surface area contributed by atoms with Crippen molar-refractivity contribution in [3.8, 4) is 11.5 Å². The fourth-order valence-corrected chi connectivity index (χ4v) is 3.99. The maximum absolute atomic E-state index is 12.8. The lowest BCUT2D eigenvalue weighted by Crippen LogP contribution is -2.45. The van der Waals surface area contributed by atoms with Crippen LogP contribution >= 0.6 is 0 Å². The number of hydrogen-bond donors (Lipinski definition) is 1. The van der Waals surface area contributed by atoms with Crippen LogP contribution in [0.25, 0.3) is 0 Å². The average molecular weight is 407 g/mol. The molecule has 0 spiro atoms. The van der Waals surface area contributed by atoms with Crippen LogP contribution in [-0.4, -0.2) is 40.8 Å². The summed E-state index contributed by atoms with van der Waals surface area (Å²) in [7, 11) is -0.876. The number of hydrogen-bond acceptors (Lipinski definition) is 5. The van der Waals surface area contributed by atoms with Gasteiger partial charge in [0.1, 0.15) is 17.5 Å². The van der Waals surface area contributed by atoms with Crippen molar-refractivity contribution < 1.29 is 22.7 Å². The molecule has 152 valence electrons. The second-order valence-electron chi connectivity index (χ2n) is 6.56. The summed E-state index contributed by atoms with van der Waals surface area (Å²) in [6.45, 7) is 5.44. The number of methoxy groups -OCH3 is 2. The highest BCUT2D eigenvalue weighted by atomic mass is 32.2. The second-order valence-corrected chi connectivity index (χ2v) is 8.42. The summed E-state index contributed by atoms with van der Waals surface area (Å²) in [5, 5.41) is 2.78. The first kappa shape index (κ1) is 21.6. The third kappa shape index (κ3) is 4.75. The van der Waals surface area contributed by atoms with Crippen molar-refractivity contribution in [2.24, 2.45) is 0 Å². The van der Waals surface area contributed by atoms with Gasteiger partial charge in [0, 0.05) is 11.8 Å². The Balaban J connectivity index is 2.43. The Morgan fingerprint density at radius 3 is 2.25 bits per heavy atom. The predicted octanol–water partition coefficient (Wildman–Crippen LogP) is 3.11. The number of aryl methyl sites for hydroxylation is 2. The number of carbonyl (C=O) groups is 1. The molecule has 0 fully saturated rings. The van der Waals surface area contributed by atoms with E-state index in [4.69, 9.17) is 9.47 Å². The van der Waals surface area contributed by atoms with Crippen LogP contribution in [0.15, 0.2) is 36.4 Å². The molecule has 0 aromatic heterocycles. The molecular weight excluding hydrogens is 380 g/mol. The van der Waals surface area contributed by atoms with E-state index in [9.17, 15) is 13.2 Å². The third-order valence-electron chi connectivity index (χ3n) is 4.49. The summed E-state index contributed by atoms with van der Waals surface area (Å²) >= 11 is 0. The number of carbonyl (C=O) groups excluding carboxylic acids is 1. The number of benzene rings is 2. The SMILES string of the molecule is COc1ccc(OC)c(N([C@@H](C)C(=O)Nc2ccc(C)c(C)c2)S(C)(=O)=O)c1. The van der Waals surface area contributed by atoms with E-state index in [0.29, 0.717) is 17.2 Å². The molecule has 2 aromatic rings. The summed E-state index contributed by atoms with van der Waals surface area (Å²) in [5.74, 6) is 0.307. The van der Waals surface area contributed by atoms with Gasteiger partial charge in [0.25, 0.3) is 0 Å². The van der Waals surface area contributed by atoms with Crippen molar-refractivity contribution >= 4 is 27.3 Å². The first-order valence-electron chi connectivity index (χ1n) is 8.68. The van der Waals surface area contributed by atoms with E-state index in [1.54, 1.807) is 18.2 Å². The Labute approximate surface area is 166 Å². The second kappa shape index (κ2) is 8.52. The zero-order valence-electron chi connectivity index (χ0n) is 16.9. The molecule has 0 bridgehead atoms. The van der Waals surface area contributed by atoms with Gasteiger partial charge in [0.2, 0.25) is 15.9 Å². The van der Waals surface area contributed by atoms with Gasteiger partial charge >= 0.3 is 0 Å². The third-order valence-corrected chi connectivity index (χ3v) is 5.71. The number of ether oxygens (including phenoxy) is 2. The van der Waals surface area contributed by atoms with Gasteiger partial charge in [-0.3, -0.25) is 9.10 Å². The Bertz CT molecular complexity index is 973. The summed E-state index contributed by atoms with van der Waals surface area (Å²) < 4.78 is 36.6. The summed E-state index contributed by atoms with van der Waals surface area (Å²) in [4.78, 5) is 12.8. The van der Waals surface area contributed by atoms with Crippen LogP contribution in [0.3, 0.4) is 0 Å². The van der Waals surface area contributed by atoms with Crippen molar-refractivity contribution in [3.05, 3.63) is 47.5 Å². The Morgan fingerprint density at radius 1 is 1.04 bits per heavy atom. The Hall–Kier alpha value is -2.74. The van der Waals surface area contributed by atoms with Gasteiger partial charge < -0.3 is 14.8 Å². The van der Waals surface area contributed by atoms with Crippen molar-refractivity contribution in [1.82, 2.24) is 0 Å². The highest BCUT2D eigenvalue weighted by Crippen LogP contribution is 2.35. The summed E-state index contributed by atoms with van der Waals surface area (Å²) in [5.41, 5.74) is 2.96. The first-order chi connectivity index (χ1) is 13.1. The average Bonchev–Trinajstić information content (AvgIpc) is 2.63. The molecule has 1 amide bonds. The van der Waals surface area contributed by atoms with E-state index in [1.807, 2.05) is 26.0 Å². The standard InChI is InChI=1S/C20H26N2O5S/c1-13-7-8-16(11-14(13)2)21-20(23)15(3)22(28(6,24)25)18-12-17(26-4)9-10-19(18)27-5/h7-12,15H,1-6H3,(H,21,23)/t15-/m0/s1. The number of nitrogens with zero attached hydrogens (tertiary/aromatic N) is 1. The molecule has 0 heterocycles. The van der Waals surface area contributed by atoms with Crippen LogP contribution in [-0.2, 0) is 14.8 Å². The lowest BCUT2D eigenvalue weighted by Gasteiger charge is -2.29. The predicted molar refractivity (Wildman–Crippen MR) is 111 cm³/mol. The monoisotopic (exact) mass is 406 g/mol. The van der Waals surface area contributed by atoms with Crippen LogP contribution < -0.4 is 19.1 Å². The maximum Gasteiger partial charge on any atom is 0.247 e. The normalized spacial score (nSPS) is 12.2. The van der Waals surface area contributed by atoms with E-state index in [0.717, 1.165) is 21.7 Å². The fourth-order valence-electron chi connectivity index (χ4n) is 2.82. The molecule has 0 radical (unpaired) electrons. The highest BCUT2D eigenvalue weighted by Gasteiger charge is 2.31. The van der Waals surface area contributed by atoms with Crippen LogP contribution in [0.2, 0.25) is 0 Å². The number of nitrogens with one attached hydrogen (secondary N) is 1. The molecule has 1 N–H and O–H groups in total. The van der Waals surface area contributed by atoms with Gasteiger partial charge in [-0.1, -0.05) is 6.07 Å². The Kier molecular flexibility index (Phi) is 6.56. The van der Waals surface area contributed by atoms with E-state index in [2.05, 4.69) is 5.32 Å². The fraction of sp³-hybridized carbons (Fsp3) is 0.350. The minimum atomic E-state index is -3.79. The molecule has 28 heavy (non-hydrogen) atoms. The van der Waals surface area contributed by atoms with Crippen LogP contribution in [0, 0.1) is 13.8 Å². The minimum Gasteiger partial charge on any atom is -0.497 e. The molecule has 0 aliphatic heterocycles. The van der Waals surface area contributed by atoms with Crippen LogP contribution in [0.1, 0.15) is 18.1 Å². The van der Waals surface area contributed by atoms with Crippen molar-refractivity contribution in [2.75, 3.05) is 30.1 Å². The van der Waals surface area contributed by atoms with Crippen LogP contribution in [0.5, 0.6) is 11.5 Å². The number of anilines is 2. The maximum atomic E-state index is 12.8. The van der Waals surface area contributed by atoms with Crippen molar-refractivity contribution in [2.45, 2.75) is 26.8 Å². The number of sulfonamides is 1. The number of rotatable bonds is 7. The largest absolute Gasteiger partial charge is 0.497 e. The summed E-state index contributed by atoms with van der Waals surface area (Å²) in [6.07, 6.45) is 1.05. The Morgan fingerprint density at radius 2 is 1.71 bits per heavy atom. The molecule has 0 saturated carbocycles. The molecule has 8 heteroatoms. The van der Waals surface area contributed by atoms with E-state index >= 15 is 0 Å². The van der Waals surface area contributed by atoms with E-state index < -0.39 is 22.0 Å². The minimum absolute atomic E-state index is 0.229. The van der Waals surface area contributed by atoms with Crippen molar-refractivity contribution in [3.63, 3.8) is 0 Å². The lowest BCUT2D eigenvalue weighted by atomic mass is 10.1. The zero-order chi connectivity index (χ0) is 21.1. The smallest absolute Gasteiger partial charge is 0.247 e. The van der Waals surface area contributed by atoms with Gasteiger partial charge in [0.05, 0.1) is 26.2 Å². The lowest BCUT2D eigenvalue weighted by molar-refractivity contribution is -0.116. The van der Waals surface area contributed by atoms with Crippen molar-refractivity contribution in [1.29, 1.82) is 0 Å². The van der Waals surface area contributed by atoms with Gasteiger partial charge in [-0.05, 0) is 56.2 Å². The molecule has 0 saturated heterocycles. The van der Waals surface area contributed by atoms with E-state index in [-0.39, 0.29) is 5.69 Å². The van der Waals surface area contributed by atoms with E-state index in [1.165, 1.54) is 27.2 Å². The summed E-state index contributed by atoms with van der Waals surface area (Å²) in [6, 6.07) is 9.29. The van der Waals surface area contributed by atoms with Crippen LogP contribution in [0.4, 0.5) is 11.4 Å². The quantitative estimate of drug-likeness (QED) is 0.764. The molecule has 0 aliphatic rings. The molecule has 2 aromatic carbocycles. The molecule has 1 atom stereocenters. The van der Waals surface area contributed by atoms with Gasteiger partial charge in [-0.25, -0.2) is 8.42 Å². The van der Waals surface area contributed by atoms with Gasteiger partial charge in [-0.2, -0.15) is 0 Å². The zero-order valence-corrected chi connectivity index (χ0v) is 17.8. The topological polar surface area (TPSA) is 84.9 Å². The molecule has 0 unspecified atom stereocenters. The molecular formula is C20H26N2O5S.